The SMILES string of the molecule is CC(=O)C1(c2cc(C)ccc2C)CCNCC1. The zero-order valence-electron chi connectivity index (χ0n) is 11.0. The van der Waals surface area contributed by atoms with Crippen molar-refractivity contribution in [3.63, 3.8) is 0 Å². The van der Waals surface area contributed by atoms with Crippen molar-refractivity contribution in [2.24, 2.45) is 0 Å². The minimum absolute atomic E-state index is 0.249. The van der Waals surface area contributed by atoms with Crippen molar-refractivity contribution in [3.05, 3.63) is 34.9 Å². The maximum Gasteiger partial charge on any atom is 0.140 e. The lowest BCUT2D eigenvalue weighted by Gasteiger charge is -2.37. The molecule has 2 heteroatoms. The average Bonchev–Trinajstić information content (AvgIpc) is 2.33. The fraction of sp³-hybridized carbons (Fsp3) is 0.533. The van der Waals surface area contributed by atoms with Crippen molar-refractivity contribution >= 4 is 5.78 Å². The van der Waals surface area contributed by atoms with E-state index in [1.165, 1.54) is 16.7 Å². The Bertz CT molecular complexity index is 431. The van der Waals surface area contributed by atoms with Crippen LogP contribution in [0.2, 0.25) is 0 Å². The number of carbonyl (C=O) groups is 1. The zero-order chi connectivity index (χ0) is 12.5. The summed E-state index contributed by atoms with van der Waals surface area (Å²) in [5, 5.41) is 3.35. The van der Waals surface area contributed by atoms with Crippen LogP contribution in [0.3, 0.4) is 0 Å². The smallest absolute Gasteiger partial charge is 0.140 e. The summed E-state index contributed by atoms with van der Waals surface area (Å²) < 4.78 is 0. The van der Waals surface area contributed by atoms with Crippen LogP contribution in [0.25, 0.3) is 0 Å². The van der Waals surface area contributed by atoms with Crippen LogP contribution in [0, 0.1) is 13.8 Å². The lowest BCUT2D eigenvalue weighted by Crippen LogP contribution is -2.45. The van der Waals surface area contributed by atoms with Gasteiger partial charge in [-0.2, -0.15) is 0 Å². The normalized spacial score (nSPS) is 19.0. The third kappa shape index (κ3) is 2.14. The molecule has 1 aliphatic rings. The molecule has 1 N–H and O–H groups in total. The van der Waals surface area contributed by atoms with Crippen LogP contribution in [0.15, 0.2) is 18.2 Å². The molecule has 0 atom stereocenters. The van der Waals surface area contributed by atoms with Crippen molar-refractivity contribution in [2.45, 2.75) is 39.0 Å². The molecule has 0 unspecified atom stereocenters. The maximum absolute atomic E-state index is 12.2. The Hall–Kier alpha value is -1.15. The molecule has 0 aromatic heterocycles. The molecule has 2 rings (SSSR count). The molecule has 0 spiro atoms. The van der Waals surface area contributed by atoms with E-state index < -0.39 is 0 Å². The third-order valence-electron chi connectivity index (χ3n) is 4.04. The number of piperidine rings is 1. The molecule has 92 valence electrons. The van der Waals surface area contributed by atoms with Crippen LogP contribution in [0.1, 0.15) is 36.5 Å². The van der Waals surface area contributed by atoms with Crippen LogP contribution in [-0.2, 0) is 10.2 Å². The highest BCUT2D eigenvalue weighted by Gasteiger charge is 2.39. The van der Waals surface area contributed by atoms with Crippen molar-refractivity contribution in [1.82, 2.24) is 5.32 Å². The zero-order valence-corrected chi connectivity index (χ0v) is 11.0. The van der Waals surface area contributed by atoms with E-state index in [1.54, 1.807) is 6.92 Å². The van der Waals surface area contributed by atoms with Gasteiger partial charge in [-0.25, -0.2) is 0 Å². The molecule has 2 nitrogen and oxygen atoms in total. The molecule has 0 aliphatic carbocycles. The fourth-order valence-electron chi connectivity index (χ4n) is 2.92. The third-order valence-corrected chi connectivity index (χ3v) is 4.04. The molecule has 0 saturated carbocycles. The quantitative estimate of drug-likeness (QED) is 0.847. The number of carbonyl (C=O) groups excluding carboxylic acids is 1. The fourth-order valence-corrected chi connectivity index (χ4v) is 2.92. The van der Waals surface area contributed by atoms with Crippen LogP contribution >= 0.6 is 0 Å². The van der Waals surface area contributed by atoms with Gasteiger partial charge in [0.25, 0.3) is 0 Å². The predicted octanol–water partition coefficient (Wildman–Crippen LogP) is 2.51. The van der Waals surface area contributed by atoms with Gasteiger partial charge < -0.3 is 5.32 Å². The van der Waals surface area contributed by atoms with E-state index in [0.717, 1.165) is 25.9 Å². The van der Waals surface area contributed by atoms with Gasteiger partial charge in [-0.1, -0.05) is 23.8 Å². The van der Waals surface area contributed by atoms with Crippen molar-refractivity contribution in [3.8, 4) is 0 Å². The van der Waals surface area contributed by atoms with Gasteiger partial charge in [0.1, 0.15) is 5.78 Å². The van der Waals surface area contributed by atoms with Gasteiger partial charge in [0.05, 0.1) is 5.41 Å². The topological polar surface area (TPSA) is 29.1 Å². The first-order valence-corrected chi connectivity index (χ1v) is 6.36. The van der Waals surface area contributed by atoms with Gasteiger partial charge >= 0.3 is 0 Å². The predicted molar refractivity (Wildman–Crippen MR) is 70.4 cm³/mol. The molecule has 1 saturated heterocycles. The van der Waals surface area contributed by atoms with E-state index in [2.05, 4.69) is 37.4 Å². The molecular weight excluding hydrogens is 210 g/mol. The van der Waals surface area contributed by atoms with E-state index in [4.69, 9.17) is 0 Å². The van der Waals surface area contributed by atoms with E-state index in [0.29, 0.717) is 5.78 Å². The van der Waals surface area contributed by atoms with Crippen molar-refractivity contribution in [2.75, 3.05) is 13.1 Å². The van der Waals surface area contributed by atoms with Crippen molar-refractivity contribution < 1.29 is 4.79 Å². The van der Waals surface area contributed by atoms with Gasteiger partial charge in [0.2, 0.25) is 0 Å². The summed E-state index contributed by atoms with van der Waals surface area (Å²) in [6, 6.07) is 6.45. The standard InChI is InChI=1S/C15H21NO/c1-11-4-5-12(2)14(10-11)15(13(3)17)6-8-16-9-7-15/h4-5,10,16H,6-9H2,1-3H3. The highest BCUT2D eigenvalue weighted by Crippen LogP contribution is 2.36. The van der Waals surface area contributed by atoms with E-state index in [1.807, 2.05) is 0 Å². The van der Waals surface area contributed by atoms with Gasteiger partial charge in [0.15, 0.2) is 0 Å². The monoisotopic (exact) mass is 231 g/mol. The van der Waals surface area contributed by atoms with Crippen molar-refractivity contribution in [1.29, 1.82) is 0 Å². The van der Waals surface area contributed by atoms with Gasteiger partial charge in [-0.05, 0) is 57.8 Å². The number of nitrogens with one attached hydrogen (secondary N) is 1. The van der Waals surface area contributed by atoms with Gasteiger partial charge in [0, 0.05) is 0 Å². The number of ketones is 1. The number of Topliss-reactive ketones (excluding diaryl/α,β-unsaturated/α-hetero) is 1. The Morgan fingerprint density at radius 2 is 1.88 bits per heavy atom. The molecule has 1 aromatic carbocycles. The molecule has 1 heterocycles. The summed E-state index contributed by atoms with van der Waals surface area (Å²) in [4.78, 5) is 12.2. The second-order valence-corrected chi connectivity index (χ2v) is 5.21. The Morgan fingerprint density at radius 1 is 1.24 bits per heavy atom. The molecule has 17 heavy (non-hydrogen) atoms. The minimum Gasteiger partial charge on any atom is -0.317 e. The summed E-state index contributed by atoms with van der Waals surface area (Å²) in [5.74, 6) is 0.313. The second kappa shape index (κ2) is 4.61. The Kier molecular flexibility index (Phi) is 3.34. The number of aryl methyl sites for hydroxylation is 2. The lowest BCUT2D eigenvalue weighted by molar-refractivity contribution is -0.123. The van der Waals surface area contributed by atoms with E-state index >= 15 is 0 Å². The Labute approximate surface area is 103 Å². The molecule has 0 amide bonds. The number of hydrogen-bond donors (Lipinski definition) is 1. The number of hydrogen-bond acceptors (Lipinski definition) is 2. The molecule has 1 aromatic rings. The minimum atomic E-state index is -0.249. The molecule has 0 bridgehead atoms. The Balaban J connectivity index is 2.52. The van der Waals surface area contributed by atoms with Gasteiger partial charge in [-0.3, -0.25) is 4.79 Å². The van der Waals surface area contributed by atoms with Gasteiger partial charge in [-0.15, -0.1) is 0 Å². The maximum atomic E-state index is 12.2. The summed E-state index contributed by atoms with van der Waals surface area (Å²) in [7, 11) is 0. The first-order chi connectivity index (χ1) is 8.06. The molecular formula is C15H21NO. The largest absolute Gasteiger partial charge is 0.317 e. The van der Waals surface area contributed by atoms with Crippen LogP contribution in [0.5, 0.6) is 0 Å². The lowest BCUT2D eigenvalue weighted by atomic mass is 9.69. The first-order valence-electron chi connectivity index (χ1n) is 6.36. The van der Waals surface area contributed by atoms with Crippen LogP contribution in [0.4, 0.5) is 0 Å². The number of rotatable bonds is 2. The molecule has 1 fully saturated rings. The summed E-state index contributed by atoms with van der Waals surface area (Å²) in [5.41, 5.74) is 3.48. The molecule has 1 aliphatic heterocycles. The average molecular weight is 231 g/mol. The highest BCUT2D eigenvalue weighted by molar-refractivity contribution is 5.88. The van der Waals surface area contributed by atoms with Crippen LogP contribution < -0.4 is 5.32 Å². The highest BCUT2D eigenvalue weighted by atomic mass is 16.1. The first kappa shape index (κ1) is 12.3. The molecule has 0 radical (unpaired) electrons. The number of benzene rings is 1. The van der Waals surface area contributed by atoms with E-state index in [-0.39, 0.29) is 5.41 Å². The van der Waals surface area contributed by atoms with E-state index in [9.17, 15) is 4.79 Å². The summed E-state index contributed by atoms with van der Waals surface area (Å²) >= 11 is 0. The summed E-state index contributed by atoms with van der Waals surface area (Å²) in [6.45, 7) is 7.83. The Morgan fingerprint density at radius 3 is 2.47 bits per heavy atom. The summed E-state index contributed by atoms with van der Waals surface area (Å²) in [6.07, 6.45) is 1.85. The second-order valence-electron chi connectivity index (χ2n) is 5.21. The van der Waals surface area contributed by atoms with Crippen LogP contribution in [-0.4, -0.2) is 18.9 Å².